The molecule has 0 saturated heterocycles. The Morgan fingerprint density at radius 2 is 1.80 bits per heavy atom. The van der Waals surface area contributed by atoms with Crippen LogP contribution in [-0.2, 0) is 9.84 Å². The van der Waals surface area contributed by atoms with Gasteiger partial charge in [-0.05, 0) is 43.7 Å². The monoisotopic (exact) mass is 315 g/mol. The highest BCUT2D eigenvalue weighted by Gasteiger charge is 2.09. The molecule has 0 saturated carbocycles. The molecule has 1 aromatic rings. The summed E-state index contributed by atoms with van der Waals surface area (Å²) in [5, 5.41) is 3.56. The molecule has 3 nitrogen and oxygen atoms in total. The Morgan fingerprint density at radius 1 is 1.15 bits per heavy atom. The Bertz CT molecular complexity index is 483. The molecule has 0 heterocycles. The lowest BCUT2D eigenvalue weighted by atomic mass is 10.2. The first-order chi connectivity index (χ1) is 9.47. The summed E-state index contributed by atoms with van der Waals surface area (Å²) in [6.45, 7) is 5.43. The molecule has 114 valence electrons. The number of rotatable bonds is 9. The van der Waals surface area contributed by atoms with Crippen molar-refractivity contribution < 1.29 is 8.42 Å². The topological polar surface area (TPSA) is 46.2 Å². The maximum Gasteiger partial charge on any atom is 0.175 e. The minimum absolute atomic E-state index is 0.385. The summed E-state index contributed by atoms with van der Waals surface area (Å²) in [5.41, 5.74) is 0. The van der Waals surface area contributed by atoms with Gasteiger partial charge in [-0.25, -0.2) is 8.42 Å². The molecule has 0 radical (unpaired) electrons. The van der Waals surface area contributed by atoms with Crippen molar-refractivity contribution in [2.45, 2.75) is 48.9 Å². The van der Waals surface area contributed by atoms with Crippen molar-refractivity contribution in [1.82, 2.24) is 5.32 Å². The molecule has 0 aromatic heterocycles. The van der Waals surface area contributed by atoms with Gasteiger partial charge in [-0.2, -0.15) is 0 Å². The number of thioether (sulfide) groups is 1. The van der Waals surface area contributed by atoms with Crippen LogP contribution in [0.3, 0.4) is 0 Å². The van der Waals surface area contributed by atoms with Gasteiger partial charge in [0.1, 0.15) is 0 Å². The van der Waals surface area contributed by atoms with Crippen LogP contribution in [0.15, 0.2) is 34.1 Å². The second kappa shape index (κ2) is 8.70. The van der Waals surface area contributed by atoms with Crippen molar-refractivity contribution in [3.05, 3.63) is 24.3 Å². The third kappa shape index (κ3) is 6.29. The second-order valence-electron chi connectivity index (χ2n) is 4.99. The van der Waals surface area contributed by atoms with E-state index in [0.29, 0.717) is 10.9 Å². The predicted molar refractivity (Wildman–Crippen MR) is 87.3 cm³/mol. The molecule has 5 heteroatoms. The Kier molecular flexibility index (Phi) is 7.62. The zero-order chi connectivity index (χ0) is 15.0. The number of benzene rings is 1. The Morgan fingerprint density at radius 3 is 2.30 bits per heavy atom. The average molecular weight is 316 g/mol. The molecule has 1 unspecified atom stereocenters. The molecule has 0 bridgehead atoms. The minimum Gasteiger partial charge on any atom is -0.313 e. The van der Waals surface area contributed by atoms with Crippen molar-refractivity contribution in [2.75, 3.05) is 18.6 Å². The van der Waals surface area contributed by atoms with Crippen molar-refractivity contribution in [3.8, 4) is 0 Å². The van der Waals surface area contributed by atoms with Crippen molar-refractivity contribution in [2.24, 2.45) is 0 Å². The minimum atomic E-state index is -3.09. The molecule has 0 amide bonds. The molecular weight excluding hydrogens is 290 g/mol. The SMILES string of the molecule is CCCNC(CCC)CSc1ccc(S(C)(=O)=O)cc1. The smallest absolute Gasteiger partial charge is 0.175 e. The van der Waals surface area contributed by atoms with E-state index in [9.17, 15) is 8.42 Å². The summed E-state index contributed by atoms with van der Waals surface area (Å²) in [7, 11) is -3.09. The van der Waals surface area contributed by atoms with E-state index in [1.165, 1.54) is 19.1 Å². The maximum absolute atomic E-state index is 11.4. The van der Waals surface area contributed by atoms with Crippen LogP contribution in [0.2, 0.25) is 0 Å². The van der Waals surface area contributed by atoms with Gasteiger partial charge in [0.25, 0.3) is 0 Å². The fourth-order valence-corrected chi connectivity index (χ4v) is 3.56. The molecule has 20 heavy (non-hydrogen) atoms. The van der Waals surface area contributed by atoms with Gasteiger partial charge >= 0.3 is 0 Å². The normalized spacial score (nSPS) is 13.3. The molecule has 0 aliphatic carbocycles. The second-order valence-corrected chi connectivity index (χ2v) is 8.10. The van der Waals surface area contributed by atoms with E-state index in [4.69, 9.17) is 0 Å². The van der Waals surface area contributed by atoms with Crippen LogP contribution in [-0.4, -0.2) is 33.0 Å². The van der Waals surface area contributed by atoms with Crippen LogP contribution < -0.4 is 5.32 Å². The molecule has 0 aliphatic rings. The van der Waals surface area contributed by atoms with Gasteiger partial charge in [-0.1, -0.05) is 20.3 Å². The maximum atomic E-state index is 11.4. The molecule has 1 aromatic carbocycles. The summed E-state index contributed by atoms with van der Waals surface area (Å²) in [6, 6.07) is 7.69. The number of sulfone groups is 1. The largest absolute Gasteiger partial charge is 0.313 e. The Balaban J connectivity index is 2.55. The van der Waals surface area contributed by atoms with Gasteiger partial charge < -0.3 is 5.32 Å². The van der Waals surface area contributed by atoms with Crippen LogP contribution in [0.25, 0.3) is 0 Å². The fraction of sp³-hybridized carbons (Fsp3) is 0.600. The lowest BCUT2D eigenvalue weighted by Gasteiger charge is -2.17. The summed E-state index contributed by atoms with van der Waals surface area (Å²) in [4.78, 5) is 1.51. The zero-order valence-corrected chi connectivity index (χ0v) is 14.2. The molecule has 0 spiro atoms. The number of hydrogen-bond donors (Lipinski definition) is 1. The summed E-state index contributed by atoms with van der Waals surface area (Å²) < 4.78 is 22.8. The lowest BCUT2D eigenvalue weighted by molar-refractivity contribution is 0.514. The standard InChI is InChI=1S/C15H25NO2S2/c1-4-6-13(16-11-5-2)12-19-14-7-9-15(10-8-14)20(3,17)18/h7-10,13,16H,4-6,11-12H2,1-3H3. The highest BCUT2D eigenvalue weighted by Crippen LogP contribution is 2.22. The third-order valence-electron chi connectivity index (χ3n) is 3.02. The van der Waals surface area contributed by atoms with Gasteiger partial charge in [-0.15, -0.1) is 11.8 Å². The van der Waals surface area contributed by atoms with E-state index in [1.54, 1.807) is 23.9 Å². The molecule has 1 rings (SSSR count). The van der Waals surface area contributed by atoms with E-state index >= 15 is 0 Å². The van der Waals surface area contributed by atoms with Gasteiger partial charge in [-0.3, -0.25) is 0 Å². The van der Waals surface area contributed by atoms with E-state index in [0.717, 1.165) is 23.6 Å². The first kappa shape index (κ1) is 17.5. The third-order valence-corrected chi connectivity index (χ3v) is 5.33. The van der Waals surface area contributed by atoms with Crippen molar-refractivity contribution in [3.63, 3.8) is 0 Å². The van der Waals surface area contributed by atoms with E-state index in [2.05, 4.69) is 19.2 Å². The Hall–Kier alpha value is -0.520. The van der Waals surface area contributed by atoms with Crippen LogP contribution in [0, 0.1) is 0 Å². The van der Waals surface area contributed by atoms with Gasteiger partial charge in [0.05, 0.1) is 4.90 Å². The van der Waals surface area contributed by atoms with Crippen LogP contribution in [0.1, 0.15) is 33.1 Å². The van der Waals surface area contributed by atoms with Crippen molar-refractivity contribution >= 4 is 21.6 Å². The molecule has 1 atom stereocenters. The average Bonchev–Trinajstić information content (AvgIpc) is 2.41. The highest BCUT2D eigenvalue weighted by atomic mass is 32.2. The van der Waals surface area contributed by atoms with Crippen LogP contribution in [0.4, 0.5) is 0 Å². The van der Waals surface area contributed by atoms with Crippen molar-refractivity contribution in [1.29, 1.82) is 0 Å². The van der Waals surface area contributed by atoms with Gasteiger partial charge in [0, 0.05) is 22.9 Å². The van der Waals surface area contributed by atoms with E-state index in [1.807, 2.05) is 12.1 Å². The molecule has 0 aliphatic heterocycles. The first-order valence-electron chi connectivity index (χ1n) is 7.13. The number of nitrogens with one attached hydrogen (secondary N) is 1. The summed E-state index contributed by atoms with van der Waals surface area (Å²) >= 11 is 1.78. The molecule has 1 N–H and O–H groups in total. The van der Waals surface area contributed by atoms with Crippen LogP contribution in [0.5, 0.6) is 0 Å². The molecular formula is C15H25NO2S2. The zero-order valence-electron chi connectivity index (χ0n) is 12.6. The van der Waals surface area contributed by atoms with Gasteiger partial charge in [0.2, 0.25) is 0 Å². The Labute approximate surface area is 127 Å². The predicted octanol–water partition coefficient (Wildman–Crippen LogP) is 3.35. The summed E-state index contributed by atoms with van der Waals surface area (Å²) in [5.74, 6) is 1.02. The highest BCUT2D eigenvalue weighted by molar-refractivity contribution is 7.99. The number of hydrogen-bond acceptors (Lipinski definition) is 4. The quantitative estimate of drug-likeness (QED) is 0.710. The molecule has 0 fully saturated rings. The van der Waals surface area contributed by atoms with E-state index < -0.39 is 9.84 Å². The summed E-state index contributed by atoms with van der Waals surface area (Å²) in [6.07, 6.45) is 4.73. The first-order valence-corrected chi connectivity index (χ1v) is 10.0. The lowest BCUT2D eigenvalue weighted by Crippen LogP contribution is -2.31. The van der Waals surface area contributed by atoms with E-state index in [-0.39, 0.29) is 0 Å². The fourth-order valence-electron chi connectivity index (χ4n) is 1.92. The van der Waals surface area contributed by atoms with Gasteiger partial charge in [0.15, 0.2) is 9.84 Å². The van der Waals surface area contributed by atoms with Crippen LogP contribution >= 0.6 is 11.8 Å².